The summed E-state index contributed by atoms with van der Waals surface area (Å²) in [5, 5.41) is 3.29. The van der Waals surface area contributed by atoms with Gasteiger partial charge in [-0.1, -0.05) is 34.1 Å². The molecule has 3 rings (SSSR count). The van der Waals surface area contributed by atoms with Gasteiger partial charge in [0.2, 0.25) is 0 Å². The number of benzene rings is 2. The lowest BCUT2D eigenvalue weighted by Gasteiger charge is -2.12. The predicted octanol–water partition coefficient (Wildman–Crippen LogP) is 5.05. The molecule has 102 valence electrons. The Morgan fingerprint density at radius 3 is 2.85 bits per heavy atom. The van der Waals surface area contributed by atoms with E-state index in [2.05, 4.69) is 33.4 Å². The second-order valence-electron chi connectivity index (χ2n) is 4.73. The van der Waals surface area contributed by atoms with Gasteiger partial charge in [-0.3, -0.25) is 0 Å². The van der Waals surface area contributed by atoms with Crippen LogP contribution in [-0.4, -0.2) is 0 Å². The van der Waals surface area contributed by atoms with Crippen molar-refractivity contribution in [2.24, 2.45) is 5.73 Å². The summed E-state index contributed by atoms with van der Waals surface area (Å²) >= 11 is 5.15. The van der Waals surface area contributed by atoms with Crippen molar-refractivity contribution in [3.05, 3.63) is 69.3 Å². The first-order chi connectivity index (χ1) is 9.65. The summed E-state index contributed by atoms with van der Waals surface area (Å²) in [6.07, 6.45) is 0.610. The maximum atomic E-state index is 13.3. The molecule has 20 heavy (non-hydrogen) atoms. The van der Waals surface area contributed by atoms with Crippen LogP contribution in [-0.2, 0) is 6.42 Å². The lowest BCUT2D eigenvalue weighted by Crippen LogP contribution is -2.13. The summed E-state index contributed by atoms with van der Waals surface area (Å²) in [6.45, 7) is 0. The highest BCUT2D eigenvalue weighted by Crippen LogP contribution is 2.32. The Bertz CT molecular complexity index is 753. The minimum atomic E-state index is -0.231. The van der Waals surface area contributed by atoms with Crippen LogP contribution in [0.4, 0.5) is 4.39 Å². The van der Waals surface area contributed by atoms with Crippen LogP contribution in [0.15, 0.2) is 52.3 Å². The smallest absolute Gasteiger partial charge is 0.123 e. The third-order valence-electron chi connectivity index (χ3n) is 3.36. The average Bonchev–Trinajstić information content (AvgIpc) is 2.87. The zero-order valence-electron chi connectivity index (χ0n) is 10.6. The van der Waals surface area contributed by atoms with Crippen molar-refractivity contribution in [2.45, 2.75) is 12.5 Å². The standard InChI is InChI=1S/C16H13BrFNS/c17-14-6-5-11(18)7-10(14)8-15(19)13-9-20-16-4-2-1-3-12(13)16/h1-7,9,15H,8,19H2. The van der Waals surface area contributed by atoms with Crippen molar-refractivity contribution in [1.29, 1.82) is 0 Å². The molecule has 0 bridgehead atoms. The molecule has 0 saturated heterocycles. The van der Waals surface area contributed by atoms with Crippen LogP contribution in [0.1, 0.15) is 17.2 Å². The number of halogens is 2. The van der Waals surface area contributed by atoms with E-state index in [9.17, 15) is 4.39 Å². The Balaban J connectivity index is 1.93. The van der Waals surface area contributed by atoms with Crippen molar-refractivity contribution in [1.82, 2.24) is 0 Å². The number of hydrogen-bond donors (Lipinski definition) is 1. The molecular formula is C16H13BrFNS. The summed E-state index contributed by atoms with van der Waals surface area (Å²) in [5.41, 5.74) is 8.34. The van der Waals surface area contributed by atoms with Crippen molar-refractivity contribution >= 4 is 37.4 Å². The molecule has 2 aromatic carbocycles. The van der Waals surface area contributed by atoms with Gasteiger partial charge in [0.1, 0.15) is 5.82 Å². The predicted molar refractivity (Wildman–Crippen MR) is 86.6 cm³/mol. The number of fused-ring (bicyclic) bond motifs is 1. The molecule has 0 spiro atoms. The van der Waals surface area contributed by atoms with Gasteiger partial charge in [-0.05, 0) is 52.6 Å². The van der Waals surface area contributed by atoms with Gasteiger partial charge in [-0.25, -0.2) is 4.39 Å². The quantitative estimate of drug-likeness (QED) is 0.703. The molecule has 2 N–H and O–H groups in total. The largest absolute Gasteiger partial charge is 0.324 e. The monoisotopic (exact) mass is 349 g/mol. The van der Waals surface area contributed by atoms with E-state index in [0.717, 1.165) is 15.6 Å². The Morgan fingerprint density at radius 2 is 2.00 bits per heavy atom. The average molecular weight is 350 g/mol. The van der Waals surface area contributed by atoms with Crippen LogP contribution in [0.25, 0.3) is 10.1 Å². The zero-order valence-corrected chi connectivity index (χ0v) is 13.0. The molecule has 3 aromatic rings. The van der Waals surface area contributed by atoms with Crippen LogP contribution in [0.3, 0.4) is 0 Å². The van der Waals surface area contributed by atoms with E-state index in [1.54, 1.807) is 23.5 Å². The van der Waals surface area contributed by atoms with Gasteiger partial charge in [0.25, 0.3) is 0 Å². The highest BCUT2D eigenvalue weighted by Gasteiger charge is 2.14. The number of nitrogens with two attached hydrogens (primary N) is 1. The molecule has 1 unspecified atom stereocenters. The summed E-state index contributed by atoms with van der Waals surface area (Å²) < 4.78 is 15.5. The second kappa shape index (κ2) is 5.64. The highest BCUT2D eigenvalue weighted by atomic mass is 79.9. The van der Waals surface area contributed by atoms with Crippen LogP contribution in [0.2, 0.25) is 0 Å². The Morgan fingerprint density at radius 1 is 1.20 bits per heavy atom. The molecule has 1 atom stereocenters. The van der Waals surface area contributed by atoms with E-state index < -0.39 is 0 Å². The van der Waals surface area contributed by atoms with E-state index in [1.165, 1.54) is 16.2 Å². The first-order valence-electron chi connectivity index (χ1n) is 6.31. The van der Waals surface area contributed by atoms with Crippen molar-refractivity contribution in [2.75, 3.05) is 0 Å². The maximum absolute atomic E-state index is 13.3. The fourth-order valence-corrected chi connectivity index (χ4v) is 3.77. The maximum Gasteiger partial charge on any atom is 0.123 e. The van der Waals surface area contributed by atoms with E-state index in [4.69, 9.17) is 5.73 Å². The lowest BCUT2D eigenvalue weighted by atomic mass is 9.99. The van der Waals surface area contributed by atoms with Crippen LogP contribution >= 0.6 is 27.3 Å². The second-order valence-corrected chi connectivity index (χ2v) is 6.50. The van der Waals surface area contributed by atoms with Crippen LogP contribution in [0, 0.1) is 5.82 Å². The summed E-state index contributed by atoms with van der Waals surface area (Å²) in [7, 11) is 0. The first kappa shape index (κ1) is 13.7. The number of rotatable bonds is 3. The fourth-order valence-electron chi connectivity index (χ4n) is 2.33. The molecule has 0 saturated carbocycles. The van der Waals surface area contributed by atoms with Gasteiger partial charge >= 0.3 is 0 Å². The molecule has 1 nitrogen and oxygen atoms in total. The molecule has 0 aliphatic carbocycles. The topological polar surface area (TPSA) is 26.0 Å². The normalized spacial score (nSPS) is 12.8. The van der Waals surface area contributed by atoms with E-state index >= 15 is 0 Å². The van der Waals surface area contributed by atoms with Gasteiger partial charge in [-0.15, -0.1) is 11.3 Å². The molecule has 0 aliphatic rings. The molecule has 0 radical (unpaired) electrons. The van der Waals surface area contributed by atoms with Gasteiger partial charge in [0.15, 0.2) is 0 Å². The molecular weight excluding hydrogens is 337 g/mol. The SMILES string of the molecule is NC(Cc1cc(F)ccc1Br)c1csc2ccccc12. The molecule has 1 heterocycles. The van der Waals surface area contributed by atoms with E-state index in [-0.39, 0.29) is 11.9 Å². The van der Waals surface area contributed by atoms with Gasteiger partial charge < -0.3 is 5.73 Å². The van der Waals surface area contributed by atoms with Gasteiger partial charge in [-0.2, -0.15) is 0 Å². The molecule has 0 amide bonds. The van der Waals surface area contributed by atoms with Gasteiger partial charge in [0.05, 0.1) is 0 Å². The summed E-state index contributed by atoms with van der Waals surface area (Å²) in [5.74, 6) is -0.231. The van der Waals surface area contributed by atoms with Crippen LogP contribution < -0.4 is 5.73 Å². The third kappa shape index (κ3) is 2.64. The zero-order chi connectivity index (χ0) is 14.1. The van der Waals surface area contributed by atoms with Crippen molar-refractivity contribution in [3.8, 4) is 0 Å². The highest BCUT2D eigenvalue weighted by molar-refractivity contribution is 9.10. The fraction of sp³-hybridized carbons (Fsp3) is 0.125. The summed E-state index contributed by atoms with van der Waals surface area (Å²) in [4.78, 5) is 0. The minimum Gasteiger partial charge on any atom is -0.324 e. The van der Waals surface area contributed by atoms with Crippen molar-refractivity contribution < 1.29 is 4.39 Å². The Kier molecular flexibility index (Phi) is 3.87. The molecule has 4 heteroatoms. The third-order valence-corrected chi connectivity index (χ3v) is 5.11. The lowest BCUT2D eigenvalue weighted by molar-refractivity contribution is 0.621. The van der Waals surface area contributed by atoms with Gasteiger partial charge in [0, 0.05) is 15.2 Å². The first-order valence-corrected chi connectivity index (χ1v) is 7.98. The molecule has 0 aliphatic heterocycles. The van der Waals surface area contributed by atoms with E-state index in [0.29, 0.717) is 6.42 Å². The molecule has 1 aromatic heterocycles. The van der Waals surface area contributed by atoms with Crippen molar-refractivity contribution in [3.63, 3.8) is 0 Å². The number of thiophene rings is 1. The molecule has 0 fully saturated rings. The summed E-state index contributed by atoms with van der Waals surface area (Å²) in [6, 6.07) is 12.8. The Labute approximate surface area is 129 Å². The van der Waals surface area contributed by atoms with Crippen LogP contribution in [0.5, 0.6) is 0 Å². The minimum absolute atomic E-state index is 0.135. The number of hydrogen-bond acceptors (Lipinski definition) is 2. The van der Waals surface area contributed by atoms with E-state index in [1.807, 2.05) is 12.1 Å². The Hall–Kier alpha value is -1.23.